The Labute approximate surface area is 236 Å². The predicted molar refractivity (Wildman–Crippen MR) is 133 cm³/mol. The maximum absolute atomic E-state index is 10.9. The van der Waals surface area contributed by atoms with E-state index in [2.05, 4.69) is 0 Å². The summed E-state index contributed by atoms with van der Waals surface area (Å²) in [5.74, 6) is -2.03. The normalized spacial score (nSPS) is 44.1. The van der Waals surface area contributed by atoms with Crippen LogP contribution in [0.5, 0.6) is 0 Å². The highest BCUT2D eigenvalue weighted by atomic mass is 16.7. The van der Waals surface area contributed by atoms with E-state index in [0.717, 1.165) is 0 Å². The van der Waals surface area contributed by atoms with Gasteiger partial charge in [-0.05, 0) is 25.7 Å². The van der Waals surface area contributed by atoms with E-state index in [1.165, 1.54) is 6.92 Å². The molecule has 1 saturated carbocycles. The second-order valence-corrected chi connectivity index (χ2v) is 10.8. The second kappa shape index (κ2) is 15.0. The molecule has 15 atom stereocenters. The standard InChI is InChI=1S/C25H44O16/c1-9-4-3-5-12(21(9)40-24-18(33)16(31)14(29)10(2)37-24)38-23(36)20(35)22(11(28)6-7-26)41-25-19(34)17(32)15(30)13(8-27)39-25/h9-19,21,23-36H,3-8H2,1-2H3/b22-20+/t9?,10-,11-,12+,13?,14?,15-,16?,17?,18-,19?,21?,23-,24?,25+/m0/s1. The lowest BCUT2D eigenvalue weighted by molar-refractivity contribution is -0.322. The van der Waals surface area contributed by atoms with Gasteiger partial charge in [0.25, 0.3) is 0 Å². The third-order valence-corrected chi connectivity index (χ3v) is 7.76. The molecule has 0 aromatic carbocycles. The van der Waals surface area contributed by atoms with Gasteiger partial charge in [0.1, 0.15) is 48.8 Å². The van der Waals surface area contributed by atoms with Gasteiger partial charge in [-0.25, -0.2) is 0 Å². The number of hydrogen-bond acceptors (Lipinski definition) is 16. The van der Waals surface area contributed by atoms with Crippen molar-refractivity contribution in [2.45, 2.75) is 126 Å². The smallest absolute Gasteiger partial charge is 0.229 e. The minimum atomic E-state index is -2.15. The monoisotopic (exact) mass is 600 g/mol. The number of rotatable bonds is 11. The van der Waals surface area contributed by atoms with Crippen LogP contribution >= 0.6 is 0 Å². The van der Waals surface area contributed by atoms with E-state index in [4.69, 9.17) is 23.7 Å². The first-order chi connectivity index (χ1) is 19.3. The van der Waals surface area contributed by atoms with Gasteiger partial charge in [-0.2, -0.15) is 0 Å². The van der Waals surface area contributed by atoms with Gasteiger partial charge in [0.2, 0.25) is 12.6 Å². The van der Waals surface area contributed by atoms with E-state index < -0.39 is 111 Å². The number of aliphatic hydroxyl groups excluding tert-OH is 11. The molecule has 11 N–H and O–H groups in total. The van der Waals surface area contributed by atoms with Gasteiger partial charge in [0.15, 0.2) is 17.8 Å². The van der Waals surface area contributed by atoms with Crippen molar-refractivity contribution in [3.05, 3.63) is 11.5 Å². The van der Waals surface area contributed by atoms with Crippen molar-refractivity contribution >= 4 is 0 Å². The van der Waals surface area contributed by atoms with Gasteiger partial charge in [-0.3, -0.25) is 0 Å². The lowest BCUT2D eigenvalue weighted by Gasteiger charge is -2.44. The van der Waals surface area contributed by atoms with Gasteiger partial charge < -0.3 is 79.9 Å². The summed E-state index contributed by atoms with van der Waals surface area (Å²) in [5, 5.41) is 112. The molecule has 41 heavy (non-hydrogen) atoms. The van der Waals surface area contributed by atoms with Crippen LogP contribution in [0.4, 0.5) is 0 Å². The molecule has 0 amide bonds. The molecule has 2 aliphatic heterocycles. The topological polar surface area (TPSA) is 269 Å². The summed E-state index contributed by atoms with van der Waals surface area (Å²) in [5.41, 5.74) is 0. The van der Waals surface area contributed by atoms with Crippen molar-refractivity contribution < 1.29 is 79.9 Å². The van der Waals surface area contributed by atoms with E-state index in [0.29, 0.717) is 19.3 Å². The highest BCUT2D eigenvalue weighted by Crippen LogP contribution is 2.34. The largest absolute Gasteiger partial charge is 0.505 e. The Balaban J connectivity index is 1.80. The van der Waals surface area contributed by atoms with Crippen LogP contribution in [0.15, 0.2) is 11.5 Å². The second-order valence-electron chi connectivity index (χ2n) is 10.8. The summed E-state index contributed by atoms with van der Waals surface area (Å²) < 4.78 is 27.8. The van der Waals surface area contributed by atoms with Crippen LogP contribution in [0.3, 0.4) is 0 Å². The molecule has 2 heterocycles. The third-order valence-electron chi connectivity index (χ3n) is 7.76. The van der Waals surface area contributed by atoms with Crippen molar-refractivity contribution in [3.63, 3.8) is 0 Å². The maximum atomic E-state index is 10.9. The quantitative estimate of drug-likeness (QED) is 0.0798. The molecule has 0 spiro atoms. The van der Waals surface area contributed by atoms with E-state index in [1.807, 2.05) is 6.92 Å². The number of aliphatic hydroxyl groups is 11. The summed E-state index contributed by atoms with van der Waals surface area (Å²) >= 11 is 0. The number of hydrogen-bond donors (Lipinski definition) is 11. The van der Waals surface area contributed by atoms with Crippen LogP contribution in [0.25, 0.3) is 0 Å². The Morgan fingerprint density at radius 3 is 2.10 bits per heavy atom. The van der Waals surface area contributed by atoms with Gasteiger partial charge in [-0.1, -0.05) is 13.3 Å². The van der Waals surface area contributed by atoms with E-state index in [1.54, 1.807) is 0 Å². The molecule has 0 aromatic heterocycles. The molecular weight excluding hydrogens is 556 g/mol. The molecule has 16 nitrogen and oxygen atoms in total. The maximum Gasteiger partial charge on any atom is 0.229 e. The lowest BCUT2D eigenvalue weighted by Crippen LogP contribution is -2.59. The molecular formula is C25H44O16. The lowest BCUT2D eigenvalue weighted by atomic mass is 9.85. The molecule has 0 aromatic rings. The summed E-state index contributed by atoms with van der Waals surface area (Å²) in [6, 6.07) is 0. The Bertz CT molecular complexity index is 842. The first kappa shape index (κ1) is 34.3. The molecule has 2 saturated heterocycles. The molecule has 3 fully saturated rings. The van der Waals surface area contributed by atoms with Gasteiger partial charge in [0, 0.05) is 13.0 Å². The summed E-state index contributed by atoms with van der Waals surface area (Å²) in [4.78, 5) is 0. The molecule has 3 aliphatic rings. The third kappa shape index (κ3) is 7.84. The first-order valence-corrected chi connectivity index (χ1v) is 13.7. The van der Waals surface area contributed by atoms with Crippen LogP contribution in [-0.4, -0.2) is 155 Å². The van der Waals surface area contributed by atoms with Gasteiger partial charge in [0.05, 0.1) is 24.9 Å². The van der Waals surface area contributed by atoms with Crippen molar-refractivity contribution in [3.8, 4) is 0 Å². The molecule has 0 bridgehead atoms. The van der Waals surface area contributed by atoms with E-state index in [9.17, 15) is 56.2 Å². The SMILES string of the molecule is CC1CCC[C@@H](O[C@H](O)/C(O)=C(\O[C@H]2OC(CO)[C@H](O)C(O)C2O)[C@@H](O)CCO)C1OC1O[C@@H](C)C(O)C(O)[C@@H]1O. The average Bonchev–Trinajstić information content (AvgIpc) is 2.94. The highest BCUT2D eigenvalue weighted by molar-refractivity contribution is 5.09. The zero-order valence-electron chi connectivity index (χ0n) is 22.9. The summed E-state index contributed by atoms with van der Waals surface area (Å²) in [6.45, 7) is 1.97. The fourth-order valence-electron chi connectivity index (χ4n) is 5.19. The molecule has 16 heteroatoms. The molecule has 1 aliphatic carbocycles. The molecule has 0 radical (unpaired) electrons. The van der Waals surface area contributed by atoms with Gasteiger partial charge in [-0.15, -0.1) is 0 Å². The zero-order valence-corrected chi connectivity index (χ0v) is 22.9. The van der Waals surface area contributed by atoms with E-state index >= 15 is 0 Å². The Kier molecular flexibility index (Phi) is 12.5. The number of ether oxygens (including phenoxy) is 5. The van der Waals surface area contributed by atoms with Crippen molar-refractivity contribution in [1.82, 2.24) is 0 Å². The van der Waals surface area contributed by atoms with Crippen LogP contribution in [0, 0.1) is 5.92 Å². The summed E-state index contributed by atoms with van der Waals surface area (Å²) in [7, 11) is 0. The van der Waals surface area contributed by atoms with Crippen LogP contribution in [0.1, 0.15) is 39.5 Å². The van der Waals surface area contributed by atoms with Crippen LogP contribution in [-0.2, 0) is 23.7 Å². The fourth-order valence-corrected chi connectivity index (χ4v) is 5.19. The van der Waals surface area contributed by atoms with Crippen molar-refractivity contribution in [1.29, 1.82) is 0 Å². The fraction of sp³-hybridized carbons (Fsp3) is 0.920. The van der Waals surface area contributed by atoms with Gasteiger partial charge >= 0.3 is 0 Å². The minimum Gasteiger partial charge on any atom is -0.505 e. The Morgan fingerprint density at radius 1 is 0.829 bits per heavy atom. The molecule has 3 rings (SSSR count). The summed E-state index contributed by atoms with van der Waals surface area (Å²) in [6.07, 6.45) is -19.6. The first-order valence-electron chi connectivity index (χ1n) is 13.7. The van der Waals surface area contributed by atoms with Crippen LogP contribution < -0.4 is 0 Å². The Morgan fingerprint density at radius 2 is 1.46 bits per heavy atom. The minimum absolute atomic E-state index is 0.202. The molecule has 240 valence electrons. The average molecular weight is 601 g/mol. The Hall–Kier alpha value is -1.22. The predicted octanol–water partition coefficient (Wildman–Crippen LogP) is -3.95. The zero-order chi connectivity index (χ0) is 30.6. The van der Waals surface area contributed by atoms with Crippen molar-refractivity contribution in [2.75, 3.05) is 13.2 Å². The van der Waals surface area contributed by atoms with E-state index in [-0.39, 0.29) is 12.3 Å². The van der Waals surface area contributed by atoms with Crippen LogP contribution in [0.2, 0.25) is 0 Å². The van der Waals surface area contributed by atoms with Crippen molar-refractivity contribution in [2.24, 2.45) is 5.92 Å². The highest BCUT2D eigenvalue weighted by Gasteiger charge is 2.47. The molecule has 8 unspecified atom stereocenters.